The summed E-state index contributed by atoms with van der Waals surface area (Å²) in [4.78, 5) is 38.2. The van der Waals surface area contributed by atoms with Crippen molar-refractivity contribution in [3.63, 3.8) is 0 Å². The van der Waals surface area contributed by atoms with Gasteiger partial charge in [-0.05, 0) is 41.7 Å². The SMILES string of the molecule is CC(=O)OCC1CN(C(=O)C=Cc2ccc(Sc3ccccc3C(C)C)c([N+](=O)[O-])c2)CCC1O. The molecule has 3 rings (SSSR count). The minimum Gasteiger partial charge on any atom is -0.465 e. The monoisotopic (exact) mass is 498 g/mol. The second-order valence-corrected chi connectivity index (χ2v) is 9.90. The smallest absolute Gasteiger partial charge is 0.302 e. The molecule has 0 spiro atoms. The van der Waals surface area contributed by atoms with E-state index in [0.29, 0.717) is 23.4 Å². The molecule has 2 aromatic carbocycles. The molecule has 0 saturated carbocycles. The quantitative estimate of drug-likeness (QED) is 0.244. The zero-order chi connectivity index (χ0) is 25.5. The van der Waals surface area contributed by atoms with Crippen LogP contribution in [0, 0.1) is 16.0 Å². The molecular weight excluding hydrogens is 468 g/mol. The lowest BCUT2D eigenvalue weighted by Crippen LogP contribution is -2.47. The van der Waals surface area contributed by atoms with Crippen molar-refractivity contribution in [1.29, 1.82) is 0 Å². The first-order valence-electron chi connectivity index (χ1n) is 11.5. The second kappa shape index (κ2) is 12.0. The molecule has 2 atom stereocenters. The minimum atomic E-state index is -0.643. The number of piperidine rings is 1. The molecule has 2 aromatic rings. The van der Waals surface area contributed by atoms with Gasteiger partial charge in [0.15, 0.2) is 0 Å². The Bertz CT molecular complexity index is 1120. The van der Waals surface area contributed by atoms with Crippen LogP contribution in [0.4, 0.5) is 5.69 Å². The van der Waals surface area contributed by atoms with Crippen LogP contribution in [0.2, 0.25) is 0 Å². The number of ether oxygens (including phenoxy) is 1. The zero-order valence-corrected chi connectivity index (χ0v) is 20.9. The van der Waals surface area contributed by atoms with Gasteiger partial charge in [0.25, 0.3) is 5.69 Å². The predicted molar refractivity (Wildman–Crippen MR) is 134 cm³/mol. The molecule has 0 aliphatic carbocycles. The Kier molecular flexibility index (Phi) is 9.06. The van der Waals surface area contributed by atoms with Crippen molar-refractivity contribution in [3.05, 3.63) is 69.8 Å². The first kappa shape index (κ1) is 26.4. The number of hydrogen-bond donors (Lipinski definition) is 1. The molecule has 35 heavy (non-hydrogen) atoms. The molecule has 186 valence electrons. The molecule has 8 nitrogen and oxygen atoms in total. The second-order valence-electron chi connectivity index (χ2n) is 8.82. The Balaban J connectivity index is 1.73. The van der Waals surface area contributed by atoms with Crippen LogP contribution in [0.1, 0.15) is 44.2 Å². The number of carbonyl (C=O) groups excluding carboxylic acids is 2. The highest BCUT2D eigenvalue weighted by Crippen LogP contribution is 2.39. The maximum absolute atomic E-state index is 12.7. The van der Waals surface area contributed by atoms with Crippen molar-refractivity contribution in [2.24, 2.45) is 5.92 Å². The maximum Gasteiger partial charge on any atom is 0.302 e. The molecule has 1 aliphatic heterocycles. The normalized spacial score (nSPS) is 18.1. The summed E-state index contributed by atoms with van der Waals surface area (Å²) >= 11 is 1.36. The maximum atomic E-state index is 12.7. The van der Waals surface area contributed by atoms with E-state index in [4.69, 9.17) is 4.74 Å². The molecule has 9 heteroatoms. The Morgan fingerprint density at radius 1 is 1.26 bits per heavy atom. The van der Waals surface area contributed by atoms with Gasteiger partial charge in [0, 0.05) is 43.0 Å². The van der Waals surface area contributed by atoms with E-state index < -0.39 is 17.0 Å². The van der Waals surface area contributed by atoms with Gasteiger partial charge in [-0.25, -0.2) is 0 Å². The number of likely N-dealkylation sites (tertiary alicyclic amines) is 1. The Labute approximate surface area is 209 Å². The summed E-state index contributed by atoms with van der Waals surface area (Å²) in [6.45, 7) is 6.16. The number of carbonyl (C=O) groups is 2. The van der Waals surface area contributed by atoms with Crippen LogP contribution in [0.3, 0.4) is 0 Å². The number of amides is 1. The summed E-state index contributed by atoms with van der Waals surface area (Å²) in [5.41, 5.74) is 1.64. The lowest BCUT2D eigenvalue weighted by molar-refractivity contribution is -0.387. The number of esters is 1. The lowest BCUT2D eigenvalue weighted by atomic mass is 9.95. The van der Waals surface area contributed by atoms with Crippen molar-refractivity contribution in [1.82, 2.24) is 4.90 Å². The largest absolute Gasteiger partial charge is 0.465 e. The molecule has 0 aromatic heterocycles. The van der Waals surface area contributed by atoms with Gasteiger partial charge in [-0.2, -0.15) is 0 Å². The molecule has 1 saturated heterocycles. The number of nitro benzene ring substituents is 1. The highest BCUT2D eigenvalue weighted by molar-refractivity contribution is 7.99. The third-order valence-corrected chi connectivity index (χ3v) is 7.02. The standard InChI is InChI=1S/C26H30N2O6S/c1-17(2)21-6-4-5-7-24(21)35-25-10-8-19(14-22(25)28(32)33)9-11-26(31)27-13-12-23(30)20(15-27)16-34-18(3)29/h4-11,14,17,20,23,30H,12-13,15-16H2,1-3H3. The summed E-state index contributed by atoms with van der Waals surface area (Å²) < 4.78 is 5.00. The average Bonchev–Trinajstić information content (AvgIpc) is 2.82. The van der Waals surface area contributed by atoms with Crippen LogP contribution >= 0.6 is 11.8 Å². The van der Waals surface area contributed by atoms with E-state index in [0.717, 1.165) is 10.5 Å². The van der Waals surface area contributed by atoms with E-state index in [2.05, 4.69) is 13.8 Å². The Morgan fingerprint density at radius 2 is 2.00 bits per heavy atom. The molecule has 0 radical (unpaired) electrons. The van der Waals surface area contributed by atoms with Gasteiger partial charge >= 0.3 is 5.97 Å². The van der Waals surface area contributed by atoms with Gasteiger partial charge in [0.05, 0.1) is 22.5 Å². The summed E-state index contributed by atoms with van der Waals surface area (Å²) in [5.74, 6) is -0.764. The number of aliphatic hydroxyl groups is 1. The third-order valence-electron chi connectivity index (χ3n) is 5.87. The predicted octanol–water partition coefficient (Wildman–Crippen LogP) is 4.66. The van der Waals surface area contributed by atoms with E-state index in [1.165, 1.54) is 30.8 Å². The first-order chi connectivity index (χ1) is 16.7. The van der Waals surface area contributed by atoms with Gasteiger partial charge in [0.2, 0.25) is 5.91 Å². The molecule has 1 aliphatic rings. The summed E-state index contributed by atoms with van der Waals surface area (Å²) in [5, 5.41) is 21.9. The average molecular weight is 499 g/mol. The Hall–Kier alpha value is -3.17. The van der Waals surface area contributed by atoms with Gasteiger partial charge < -0.3 is 14.7 Å². The van der Waals surface area contributed by atoms with Gasteiger partial charge in [0.1, 0.15) is 0 Å². The summed E-state index contributed by atoms with van der Waals surface area (Å²) in [6.07, 6.45) is 2.68. The third kappa shape index (κ3) is 7.16. The fourth-order valence-corrected chi connectivity index (χ4v) is 5.10. The number of hydrogen-bond acceptors (Lipinski definition) is 7. The number of aliphatic hydroxyl groups excluding tert-OH is 1. The van der Waals surface area contributed by atoms with Crippen molar-refractivity contribution in [2.45, 2.75) is 49.0 Å². The van der Waals surface area contributed by atoms with Crippen molar-refractivity contribution < 1.29 is 24.4 Å². The van der Waals surface area contributed by atoms with Crippen molar-refractivity contribution in [3.8, 4) is 0 Å². The van der Waals surface area contributed by atoms with Gasteiger partial charge in [-0.1, -0.05) is 49.9 Å². The molecule has 1 heterocycles. The minimum absolute atomic E-state index is 0.0225. The van der Waals surface area contributed by atoms with Crippen LogP contribution in [0.15, 0.2) is 58.3 Å². The highest BCUT2D eigenvalue weighted by atomic mass is 32.2. The van der Waals surface area contributed by atoms with Crippen LogP contribution in [0.5, 0.6) is 0 Å². The van der Waals surface area contributed by atoms with Crippen molar-refractivity contribution in [2.75, 3.05) is 19.7 Å². The zero-order valence-electron chi connectivity index (χ0n) is 20.0. The molecule has 1 amide bonds. The van der Waals surface area contributed by atoms with Gasteiger partial charge in [-0.3, -0.25) is 19.7 Å². The number of nitrogens with zero attached hydrogens (tertiary/aromatic N) is 2. The van der Waals surface area contributed by atoms with Crippen molar-refractivity contribution >= 4 is 35.4 Å². The highest BCUT2D eigenvalue weighted by Gasteiger charge is 2.30. The molecular formula is C26H30N2O6S. The van der Waals surface area contributed by atoms with E-state index in [1.807, 2.05) is 24.3 Å². The van der Waals surface area contributed by atoms with E-state index in [1.54, 1.807) is 23.1 Å². The fourth-order valence-electron chi connectivity index (χ4n) is 3.92. The summed E-state index contributed by atoms with van der Waals surface area (Å²) in [7, 11) is 0. The van der Waals surface area contributed by atoms with E-state index in [-0.39, 0.29) is 36.6 Å². The molecule has 2 unspecified atom stereocenters. The van der Waals surface area contributed by atoms with Crippen LogP contribution in [0.25, 0.3) is 6.08 Å². The fraction of sp³-hybridized carbons (Fsp3) is 0.385. The molecule has 1 fully saturated rings. The van der Waals surface area contributed by atoms with E-state index >= 15 is 0 Å². The molecule has 0 bridgehead atoms. The molecule has 1 N–H and O–H groups in total. The first-order valence-corrected chi connectivity index (χ1v) is 12.3. The van der Waals surface area contributed by atoms with E-state index in [9.17, 15) is 24.8 Å². The van der Waals surface area contributed by atoms with Crippen LogP contribution in [-0.4, -0.2) is 52.6 Å². The summed E-state index contributed by atoms with van der Waals surface area (Å²) in [6, 6.07) is 12.8. The van der Waals surface area contributed by atoms with Crippen LogP contribution < -0.4 is 0 Å². The van der Waals surface area contributed by atoms with Gasteiger partial charge in [-0.15, -0.1) is 0 Å². The number of nitro groups is 1. The van der Waals surface area contributed by atoms with Crippen LogP contribution in [-0.2, 0) is 14.3 Å². The number of rotatable bonds is 8. The Morgan fingerprint density at radius 3 is 2.69 bits per heavy atom. The lowest BCUT2D eigenvalue weighted by Gasteiger charge is -2.35. The number of benzene rings is 2. The topological polar surface area (TPSA) is 110 Å².